The monoisotopic (exact) mass is 439 g/mol. The lowest BCUT2D eigenvalue weighted by Gasteiger charge is -2.50. The first kappa shape index (κ1) is 21.4. The summed E-state index contributed by atoms with van der Waals surface area (Å²) in [5, 5.41) is 10.9. The van der Waals surface area contributed by atoms with Gasteiger partial charge in [0.15, 0.2) is 0 Å². The smallest absolute Gasteiger partial charge is 0.310 e. The fraction of sp³-hybridized carbons (Fsp3) is 0.640. The van der Waals surface area contributed by atoms with Crippen molar-refractivity contribution < 1.29 is 14.5 Å². The van der Waals surface area contributed by atoms with Crippen molar-refractivity contribution in [1.29, 1.82) is 0 Å². The number of hydrogen-bond donors (Lipinski definition) is 0. The second-order valence-corrected chi connectivity index (χ2v) is 10.5. The summed E-state index contributed by atoms with van der Waals surface area (Å²) in [6.07, 6.45) is 5.64. The van der Waals surface area contributed by atoms with Gasteiger partial charge in [-0.2, -0.15) is 0 Å². The number of allylic oxidation sites excluding steroid dienone is 1. The molecule has 0 amide bonds. The Kier molecular flexibility index (Phi) is 5.48. The quantitative estimate of drug-likeness (QED) is 0.305. The van der Waals surface area contributed by atoms with Crippen molar-refractivity contribution in [3.05, 3.63) is 46.5 Å². The lowest BCUT2D eigenvalue weighted by atomic mass is 9.55. The number of nitrogens with zero attached hydrogens (tertiary/aromatic N) is 3. The molecule has 2 aliphatic heterocycles. The molecule has 1 aromatic rings. The highest BCUT2D eigenvalue weighted by molar-refractivity contribution is 5.75. The molecule has 172 valence electrons. The lowest BCUT2D eigenvalue weighted by molar-refractivity contribution is -0.384. The van der Waals surface area contributed by atoms with Crippen molar-refractivity contribution in [3.63, 3.8) is 0 Å². The van der Waals surface area contributed by atoms with Crippen LogP contribution in [0.3, 0.4) is 0 Å². The van der Waals surface area contributed by atoms with Gasteiger partial charge < -0.3 is 9.64 Å². The molecule has 2 heterocycles. The number of non-ortho nitro benzene ring substituents is 1. The zero-order chi connectivity index (χ0) is 22.5. The van der Waals surface area contributed by atoms with Crippen molar-refractivity contribution in [2.45, 2.75) is 45.1 Å². The topological polar surface area (TPSA) is 75.9 Å². The number of nitro benzene ring substituents is 1. The van der Waals surface area contributed by atoms with Crippen molar-refractivity contribution in [2.24, 2.45) is 23.2 Å². The third-order valence-electron chi connectivity index (χ3n) is 8.57. The summed E-state index contributed by atoms with van der Waals surface area (Å²) in [4.78, 5) is 28.0. The van der Waals surface area contributed by atoms with Crippen LogP contribution in [0.1, 0.15) is 39.0 Å². The second kappa shape index (κ2) is 8.18. The minimum absolute atomic E-state index is 0.00865. The molecule has 2 aliphatic carbocycles. The van der Waals surface area contributed by atoms with Gasteiger partial charge in [0.2, 0.25) is 0 Å². The molecule has 32 heavy (non-hydrogen) atoms. The van der Waals surface area contributed by atoms with Crippen LogP contribution in [0.4, 0.5) is 11.4 Å². The molecule has 4 aliphatic rings. The van der Waals surface area contributed by atoms with E-state index >= 15 is 0 Å². The normalized spacial score (nSPS) is 35.2. The van der Waals surface area contributed by atoms with Gasteiger partial charge in [0, 0.05) is 56.5 Å². The molecular formula is C25H33N3O4. The Labute approximate surface area is 189 Å². The standard InChI is InChI=1S/C25H33N3O4/c1-17-4-3-9-25(2)15-23-20(14-22(17)25)21(24(29)32-23)16-26-10-12-27(13-11-26)18-5-7-19(8-6-18)28(30)31/h5-8,20-23H,1,3-4,9-16H2,2H3/t20-,21+,22+,23-,25+/m0/s1. The number of nitro groups is 1. The molecule has 4 fully saturated rings. The molecule has 0 spiro atoms. The number of anilines is 1. The van der Waals surface area contributed by atoms with E-state index in [2.05, 4.69) is 23.3 Å². The summed E-state index contributed by atoms with van der Waals surface area (Å²) in [6.45, 7) is 11.0. The van der Waals surface area contributed by atoms with Crippen LogP contribution in [-0.2, 0) is 9.53 Å². The molecule has 0 N–H and O–H groups in total. The Bertz CT molecular complexity index is 908. The molecule has 7 nitrogen and oxygen atoms in total. The first-order valence-corrected chi connectivity index (χ1v) is 11.9. The SMILES string of the molecule is C=C1CCC[C@]2(C)C[C@@H]3OC(=O)[C@H](CN4CCN(c5ccc([N+](=O)[O-])cc5)CC4)[C@@H]3C[C@H]12. The highest BCUT2D eigenvalue weighted by Gasteiger charge is 2.55. The predicted octanol–water partition coefficient (Wildman–Crippen LogP) is 4.03. The summed E-state index contributed by atoms with van der Waals surface area (Å²) in [5.41, 5.74) is 2.75. The van der Waals surface area contributed by atoms with E-state index < -0.39 is 0 Å². The number of carbonyl (C=O) groups is 1. The number of ether oxygens (including phenoxy) is 1. The van der Waals surface area contributed by atoms with E-state index in [0.29, 0.717) is 11.8 Å². The molecule has 0 unspecified atom stereocenters. The molecule has 0 aromatic heterocycles. The molecule has 0 radical (unpaired) electrons. The Hall–Kier alpha value is -2.41. The van der Waals surface area contributed by atoms with Crippen LogP contribution in [0.15, 0.2) is 36.4 Å². The van der Waals surface area contributed by atoms with Crippen LogP contribution in [0, 0.1) is 33.3 Å². The van der Waals surface area contributed by atoms with Crippen LogP contribution in [-0.4, -0.2) is 54.6 Å². The molecule has 0 bridgehead atoms. The van der Waals surface area contributed by atoms with Gasteiger partial charge in [0.05, 0.1) is 10.8 Å². The maximum absolute atomic E-state index is 12.8. The Morgan fingerprint density at radius 2 is 1.94 bits per heavy atom. The molecular weight excluding hydrogens is 406 g/mol. The predicted molar refractivity (Wildman–Crippen MR) is 122 cm³/mol. The van der Waals surface area contributed by atoms with Gasteiger partial charge in [0.25, 0.3) is 5.69 Å². The fourth-order valence-corrected chi connectivity index (χ4v) is 6.72. The average Bonchev–Trinajstić information content (AvgIpc) is 3.06. The van der Waals surface area contributed by atoms with E-state index in [-0.39, 0.29) is 34.0 Å². The molecule has 1 aromatic carbocycles. The van der Waals surface area contributed by atoms with Gasteiger partial charge in [-0.15, -0.1) is 0 Å². The van der Waals surface area contributed by atoms with Crippen molar-refractivity contribution in [2.75, 3.05) is 37.6 Å². The Balaban J connectivity index is 1.20. The van der Waals surface area contributed by atoms with Crippen LogP contribution in [0.2, 0.25) is 0 Å². The maximum atomic E-state index is 12.8. The number of esters is 1. The molecule has 2 saturated heterocycles. The van der Waals surface area contributed by atoms with Crippen molar-refractivity contribution in [3.8, 4) is 0 Å². The van der Waals surface area contributed by atoms with E-state index in [1.54, 1.807) is 12.1 Å². The molecule has 5 rings (SSSR count). The highest BCUT2D eigenvalue weighted by Crippen LogP contribution is 2.56. The van der Waals surface area contributed by atoms with E-state index in [4.69, 9.17) is 4.74 Å². The Morgan fingerprint density at radius 1 is 1.22 bits per heavy atom. The lowest BCUT2D eigenvalue weighted by Crippen LogP contribution is -2.50. The minimum atomic E-state index is -0.369. The number of benzene rings is 1. The fourth-order valence-electron chi connectivity index (χ4n) is 6.72. The third kappa shape index (κ3) is 3.81. The van der Waals surface area contributed by atoms with E-state index in [0.717, 1.165) is 57.7 Å². The largest absolute Gasteiger partial charge is 0.462 e. The van der Waals surface area contributed by atoms with Crippen LogP contribution in [0.5, 0.6) is 0 Å². The maximum Gasteiger partial charge on any atom is 0.310 e. The molecule has 7 heteroatoms. The summed E-state index contributed by atoms with van der Waals surface area (Å²) in [6, 6.07) is 6.77. The highest BCUT2D eigenvalue weighted by atomic mass is 16.6. The van der Waals surface area contributed by atoms with E-state index in [9.17, 15) is 14.9 Å². The number of fused-ring (bicyclic) bond motifs is 2. The van der Waals surface area contributed by atoms with Gasteiger partial charge in [0.1, 0.15) is 6.10 Å². The van der Waals surface area contributed by atoms with E-state index in [1.165, 1.54) is 18.4 Å². The number of rotatable bonds is 4. The number of hydrogen-bond acceptors (Lipinski definition) is 6. The third-order valence-corrected chi connectivity index (χ3v) is 8.57. The summed E-state index contributed by atoms with van der Waals surface area (Å²) >= 11 is 0. The van der Waals surface area contributed by atoms with Crippen molar-refractivity contribution >= 4 is 17.3 Å². The first-order valence-electron chi connectivity index (χ1n) is 11.9. The average molecular weight is 440 g/mol. The number of carbonyl (C=O) groups excluding carboxylic acids is 1. The van der Waals surface area contributed by atoms with Crippen molar-refractivity contribution in [1.82, 2.24) is 4.90 Å². The Morgan fingerprint density at radius 3 is 2.62 bits per heavy atom. The zero-order valence-corrected chi connectivity index (χ0v) is 18.9. The van der Waals surface area contributed by atoms with E-state index in [1.807, 2.05) is 12.1 Å². The van der Waals surface area contributed by atoms with Crippen LogP contribution < -0.4 is 4.90 Å². The summed E-state index contributed by atoms with van der Waals surface area (Å²) in [5.74, 6) is 0.785. The van der Waals surface area contributed by atoms with Crippen LogP contribution in [0.25, 0.3) is 0 Å². The van der Waals surface area contributed by atoms with Gasteiger partial charge in [-0.25, -0.2) is 0 Å². The van der Waals surface area contributed by atoms with Crippen LogP contribution >= 0.6 is 0 Å². The number of piperazine rings is 1. The minimum Gasteiger partial charge on any atom is -0.462 e. The van der Waals surface area contributed by atoms with Gasteiger partial charge in [-0.05, 0) is 55.6 Å². The first-order chi connectivity index (χ1) is 15.3. The zero-order valence-electron chi connectivity index (χ0n) is 18.9. The molecule has 2 saturated carbocycles. The molecule has 5 atom stereocenters. The summed E-state index contributed by atoms with van der Waals surface area (Å²) in [7, 11) is 0. The van der Waals surface area contributed by atoms with Gasteiger partial charge in [-0.3, -0.25) is 19.8 Å². The van der Waals surface area contributed by atoms with Gasteiger partial charge >= 0.3 is 5.97 Å². The second-order valence-electron chi connectivity index (χ2n) is 10.5. The summed E-state index contributed by atoms with van der Waals surface area (Å²) < 4.78 is 5.93. The van der Waals surface area contributed by atoms with Gasteiger partial charge in [-0.1, -0.05) is 19.1 Å².